The first kappa shape index (κ1) is 89.2. The van der Waals surface area contributed by atoms with Crippen molar-refractivity contribution in [2.75, 3.05) is 52.9 Å². The van der Waals surface area contributed by atoms with E-state index in [2.05, 4.69) is 12.2 Å². The summed E-state index contributed by atoms with van der Waals surface area (Å²) in [5.41, 5.74) is 9.50. The van der Waals surface area contributed by atoms with Gasteiger partial charge in [0.15, 0.2) is 11.5 Å². The Balaban J connectivity index is 0.000000257. The molecule has 26 heteroatoms. The summed E-state index contributed by atoms with van der Waals surface area (Å²) in [6, 6.07) is 23.0. The fourth-order valence-electron chi connectivity index (χ4n) is 11.2. The summed E-state index contributed by atoms with van der Waals surface area (Å²) >= 11 is 0. The van der Waals surface area contributed by atoms with Crippen LogP contribution in [0.2, 0.25) is 0 Å². The molecule has 7 N–H and O–H groups in total. The van der Waals surface area contributed by atoms with E-state index >= 15 is 0 Å². The highest BCUT2D eigenvalue weighted by Crippen LogP contribution is 2.41. The number of nitrogens with two attached hydrogens (primary N) is 1. The summed E-state index contributed by atoms with van der Waals surface area (Å²) in [6.07, 6.45) is 12.8. The van der Waals surface area contributed by atoms with Gasteiger partial charge in [0.1, 0.15) is 47.3 Å². The van der Waals surface area contributed by atoms with E-state index in [0.717, 1.165) is 91.4 Å². The number of nitrogens with zero attached hydrogens (tertiary/aromatic N) is 3. The molecule has 4 aliphatic rings. The zero-order chi connectivity index (χ0) is 78.9. The molecule has 0 aliphatic heterocycles. The van der Waals surface area contributed by atoms with Crippen molar-refractivity contribution in [2.24, 2.45) is 5.73 Å². The van der Waals surface area contributed by atoms with Crippen LogP contribution in [0.4, 0.5) is 14.4 Å². The van der Waals surface area contributed by atoms with Crippen molar-refractivity contribution < 1.29 is 101 Å². The minimum atomic E-state index is -0.569. The van der Waals surface area contributed by atoms with Gasteiger partial charge in [-0.25, -0.2) is 14.4 Å². The Labute approximate surface area is 632 Å². The van der Waals surface area contributed by atoms with Gasteiger partial charge in [0, 0.05) is 67.8 Å². The summed E-state index contributed by atoms with van der Waals surface area (Å²) in [5, 5.41) is 39.1. The Bertz CT molecular complexity index is 3390. The van der Waals surface area contributed by atoms with Gasteiger partial charge in [-0.1, -0.05) is 36.4 Å². The third-order valence-electron chi connectivity index (χ3n) is 17.3. The lowest BCUT2D eigenvalue weighted by atomic mass is 10.0. The number of hydrogen-bond donors (Lipinski definition) is 6. The van der Waals surface area contributed by atoms with Gasteiger partial charge in [0.25, 0.3) is 25.3 Å². The van der Waals surface area contributed by atoms with Gasteiger partial charge in [-0.05, 0) is 251 Å². The highest BCUT2D eigenvalue weighted by molar-refractivity contribution is 5.95. The molecule has 4 saturated carbocycles. The van der Waals surface area contributed by atoms with Crippen LogP contribution in [0.1, 0.15) is 261 Å². The fourth-order valence-corrected chi connectivity index (χ4v) is 11.2. The average Bonchev–Trinajstić information content (AvgIpc) is 1.49. The molecule has 0 radical (unpaired) electrons. The van der Waals surface area contributed by atoms with Crippen molar-refractivity contribution in [3.63, 3.8) is 0 Å². The largest absolute Gasteiger partial charge is 0.493 e. The molecule has 0 aromatic heterocycles. The van der Waals surface area contributed by atoms with Crippen molar-refractivity contribution in [2.45, 2.75) is 271 Å². The number of aliphatic hydroxyl groups is 4. The smallest absolute Gasteiger partial charge is 0.411 e. The third-order valence-corrected chi connectivity index (χ3v) is 17.3. The fraction of sp³-hybridized carbons (Fsp3) is 0.617. The van der Waals surface area contributed by atoms with E-state index in [1.54, 1.807) is 45.0 Å². The lowest BCUT2D eigenvalue weighted by molar-refractivity contribution is -0.130. The number of benzene rings is 4. The van der Waals surface area contributed by atoms with Crippen LogP contribution in [-0.2, 0) is 51.3 Å². The maximum Gasteiger partial charge on any atom is 0.411 e. The molecule has 4 aliphatic carbocycles. The molecule has 8 rings (SSSR count). The lowest BCUT2D eigenvalue weighted by Crippen LogP contribution is -2.39. The summed E-state index contributed by atoms with van der Waals surface area (Å²) in [6.45, 7) is 28.5. The number of carbonyl (C=O) groups excluding carboxylic acids is 7. The maximum atomic E-state index is 12.8. The van der Waals surface area contributed by atoms with E-state index in [-0.39, 0.29) is 100 Å². The molecule has 107 heavy (non-hydrogen) atoms. The standard InChI is InChI=1S/C22H33NO6.C21H32N2O5.C21H31NO6.C17H25NO4/c1-16(23(19-9-10-19)21(26)29-22(2,3)4)17-7-8-18(14-27-15-25)20(13-17)28-12-6-5-11-24;1-14(23(16-8-9-16)20(26)28-21(2,3)4)15-7-10-17(19(22)25)18(13-15)27-12-6-5-11-24;1-15(22(17-8-9-17)20(25)28-21(2,3)4)16-7-10-18(27-14-24)19(13-16)26-12-6-5-11-23;1-13(18-16-6-7-16)14-4-5-15(11-21-12-20)17(10-14)22-9-3-2-8-19/h7-8,13,15-16,19,24H,5-6,9-12,14H2,1-4H3;7,10,13-14,16,24H,5-6,8-9,11-12H2,1-4H3,(H2,22,25);7,10,13-15,17,23H,5-6,8-9,11-12H2,1-4H3;4-5,10,12-13,16,18-19H,2-3,6-9,11H2,1H3. The molecule has 4 fully saturated rings. The molecule has 4 aromatic rings. The van der Waals surface area contributed by atoms with Gasteiger partial charge in [-0.3, -0.25) is 33.9 Å². The predicted octanol–water partition coefficient (Wildman–Crippen LogP) is 13.5. The van der Waals surface area contributed by atoms with Gasteiger partial charge in [-0.15, -0.1) is 0 Å². The minimum absolute atomic E-state index is 0.0926. The molecule has 26 nitrogen and oxygen atoms in total. The number of carbonyl (C=O) groups is 7. The molecule has 0 spiro atoms. The second-order valence-electron chi connectivity index (χ2n) is 30.3. The highest BCUT2D eigenvalue weighted by Gasteiger charge is 2.42. The number of unbranched alkanes of at least 4 members (excludes halogenated alkanes) is 4. The van der Waals surface area contributed by atoms with Gasteiger partial charge >= 0.3 is 18.3 Å². The first-order chi connectivity index (χ1) is 50.9. The molecular weight excluding hydrogens is 1380 g/mol. The van der Waals surface area contributed by atoms with Crippen molar-refractivity contribution in [1.82, 2.24) is 20.0 Å². The average molecular weight is 1500 g/mol. The molecular formula is C81H121N5O21. The van der Waals surface area contributed by atoms with Crippen LogP contribution in [0.3, 0.4) is 0 Å². The number of amides is 4. The molecule has 4 aromatic carbocycles. The van der Waals surface area contributed by atoms with Crippen LogP contribution in [0, 0.1) is 0 Å². The first-order valence-corrected chi connectivity index (χ1v) is 37.7. The second-order valence-corrected chi connectivity index (χ2v) is 30.3. The van der Waals surface area contributed by atoms with Crippen LogP contribution in [0.5, 0.6) is 28.7 Å². The molecule has 0 bridgehead atoms. The number of nitrogens with one attached hydrogen (secondary N) is 1. The van der Waals surface area contributed by atoms with E-state index in [9.17, 15) is 33.6 Å². The van der Waals surface area contributed by atoms with Crippen LogP contribution in [0.15, 0.2) is 72.8 Å². The Kier molecular flexibility index (Phi) is 37.3. The molecule has 0 saturated heterocycles. The number of primary amides is 1. The number of hydrogen-bond acceptors (Lipinski definition) is 22. The van der Waals surface area contributed by atoms with Gasteiger partial charge in [0.2, 0.25) is 0 Å². The van der Waals surface area contributed by atoms with Gasteiger partial charge in [0.05, 0.1) is 50.1 Å². The Morgan fingerprint density at radius 1 is 0.439 bits per heavy atom. The van der Waals surface area contributed by atoms with Crippen LogP contribution in [0.25, 0.3) is 0 Å². The van der Waals surface area contributed by atoms with Crippen LogP contribution in [-0.4, -0.2) is 173 Å². The predicted molar refractivity (Wildman–Crippen MR) is 403 cm³/mol. The normalized spacial score (nSPS) is 15.0. The van der Waals surface area contributed by atoms with Crippen molar-refractivity contribution in [3.05, 3.63) is 112 Å². The zero-order valence-electron chi connectivity index (χ0n) is 65.3. The Morgan fingerprint density at radius 2 is 0.766 bits per heavy atom. The van der Waals surface area contributed by atoms with E-state index in [1.807, 2.05) is 126 Å². The second kappa shape index (κ2) is 44.8. The number of aliphatic hydroxyl groups excluding tert-OH is 4. The summed E-state index contributed by atoms with van der Waals surface area (Å²) in [5.74, 6) is 1.97. The molecule has 4 unspecified atom stereocenters. The van der Waals surface area contributed by atoms with E-state index < -0.39 is 22.7 Å². The van der Waals surface area contributed by atoms with Crippen molar-refractivity contribution in [3.8, 4) is 28.7 Å². The molecule has 0 heterocycles. The highest BCUT2D eigenvalue weighted by atomic mass is 16.6. The summed E-state index contributed by atoms with van der Waals surface area (Å²) in [4.78, 5) is 87.1. The minimum Gasteiger partial charge on any atom is -0.493 e. The van der Waals surface area contributed by atoms with Crippen LogP contribution >= 0.6 is 0 Å². The summed E-state index contributed by atoms with van der Waals surface area (Å²) < 4.78 is 54.7. The Hall–Kier alpha value is -8.43. The zero-order valence-corrected chi connectivity index (χ0v) is 65.3. The Morgan fingerprint density at radius 3 is 1.10 bits per heavy atom. The molecule has 4 atom stereocenters. The number of ether oxygens (including phenoxy) is 10. The van der Waals surface area contributed by atoms with Gasteiger partial charge in [-0.2, -0.15) is 0 Å². The SMILES string of the molecule is CC(NC1CC1)c1ccc(COC=O)c(OCCCCO)c1.CC(c1ccc(C(N)=O)c(OCCCCO)c1)N(C(=O)OC(C)(C)C)C1CC1.CC(c1ccc(COC=O)c(OCCCCO)c1)N(C(=O)OC(C)(C)C)C1CC1.CC(c1ccc(OC=O)c(OCCCCO)c1)N(C(=O)OC(C)(C)C)C1CC1. The molecule has 596 valence electrons. The van der Waals surface area contributed by atoms with Crippen molar-refractivity contribution in [1.29, 1.82) is 0 Å². The monoisotopic (exact) mass is 1500 g/mol. The van der Waals surface area contributed by atoms with Crippen LogP contribution < -0.4 is 34.7 Å². The summed E-state index contributed by atoms with van der Waals surface area (Å²) in [7, 11) is 0. The van der Waals surface area contributed by atoms with E-state index in [0.29, 0.717) is 113 Å². The van der Waals surface area contributed by atoms with E-state index in [4.69, 9.17) is 73.5 Å². The topological polar surface area (TPSA) is 340 Å². The molecule has 4 amide bonds. The number of rotatable bonds is 41. The quantitative estimate of drug-likeness (QED) is 0.0137. The first-order valence-electron chi connectivity index (χ1n) is 37.7. The van der Waals surface area contributed by atoms with E-state index in [1.165, 1.54) is 18.4 Å². The van der Waals surface area contributed by atoms with Gasteiger partial charge < -0.3 is 78.8 Å². The lowest BCUT2D eigenvalue weighted by Gasteiger charge is -2.32. The third kappa shape index (κ3) is 32.5. The maximum absolute atomic E-state index is 12.8. The van der Waals surface area contributed by atoms with Crippen molar-refractivity contribution >= 4 is 43.6 Å².